The van der Waals surface area contributed by atoms with Crippen LogP contribution in [0, 0.1) is 5.92 Å². The zero-order valence-electron chi connectivity index (χ0n) is 10.4. The SMILES string of the molecule is CC(C)NC(=O)C(C)NC(C)C(C)CO. The van der Waals surface area contributed by atoms with Gasteiger partial charge in [0.25, 0.3) is 0 Å². The molecule has 15 heavy (non-hydrogen) atoms. The van der Waals surface area contributed by atoms with E-state index >= 15 is 0 Å². The summed E-state index contributed by atoms with van der Waals surface area (Å²) in [5.41, 5.74) is 0. The highest BCUT2D eigenvalue weighted by atomic mass is 16.3. The van der Waals surface area contributed by atoms with Crippen LogP contribution in [0.25, 0.3) is 0 Å². The lowest BCUT2D eigenvalue weighted by atomic mass is 10.0. The Morgan fingerprint density at radius 3 is 2.13 bits per heavy atom. The minimum Gasteiger partial charge on any atom is -0.396 e. The van der Waals surface area contributed by atoms with Crippen LogP contribution >= 0.6 is 0 Å². The van der Waals surface area contributed by atoms with Crippen molar-refractivity contribution in [2.24, 2.45) is 5.92 Å². The van der Waals surface area contributed by atoms with Gasteiger partial charge in [0.15, 0.2) is 0 Å². The van der Waals surface area contributed by atoms with Crippen molar-refractivity contribution < 1.29 is 9.90 Å². The van der Waals surface area contributed by atoms with E-state index in [2.05, 4.69) is 10.6 Å². The molecule has 0 heterocycles. The highest BCUT2D eigenvalue weighted by molar-refractivity contribution is 5.81. The smallest absolute Gasteiger partial charge is 0.237 e. The molecule has 0 fully saturated rings. The molecule has 0 aliphatic rings. The number of carbonyl (C=O) groups excluding carboxylic acids is 1. The fourth-order valence-corrected chi connectivity index (χ4v) is 1.20. The average molecular weight is 216 g/mol. The van der Waals surface area contributed by atoms with Crippen molar-refractivity contribution in [3.8, 4) is 0 Å². The lowest BCUT2D eigenvalue weighted by Gasteiger charge is -2.24. The van der Waals surface area contributed by atoms with E-state index in [9.17, 15) is 4.79 Å². The summed E-state index contributed by atoms with van der Waals surface area (Å²) in [4.78, 5) is 11.6. The fraction of sp³-hybridized carbons (Fsp3) is 0.909. The monoisotopic (exact) mass is 216 g/mol. The fourth-order valence-electron chi connectivity index (χ4n) is 1.20. The van der Waals surface area contributed by atoms with E-state index in [1.54, 1.807) is 0 Å². The molecule has 0 saturated carbocycles. The molecule has 0 bridgehead atoms. The number of carbonyl (C=O) groups is 1. The molecule has 1 amide bonds. The Kier molecular flexibility index (Phi) is 6.52. The van der Waals surface area contributed by atoms with Gasteiger partial charge in [-0.2, -0.15) is 0 Å². The molecule has 3 atom stereocenters. The average Bonchev–Trinajstić information content (AvgIpc) is 2.15. The highest BCUT2D eigenvalue weighted by Gasteiger charge is 2.18. The van der Waals surface area contributed by atoms with Crippen LogP contribution in [-0.4, -0.2) is 35.7 Å². The summed E-state index contributed by atoms with van der Waals surface area (Å²) >= 11 is 0. The molecule has 0 aromatic rings. The summed E-state index contributed by atoms with van der Waals surface area (Å²) in [7, 11) is 0. The Hall–Kier alpha value is -0.610. The van der Waals surface area contributed by atoms with E-state index < -0.39 is 0 Å². The molecule has 0 aliphatic heterocycles. The molecule has 0 aliphatic carbocycles. The summed E-state index contributed by atoms with van der Waals surface area (Å²) in [6.07, 6.45) is 0. The minimum absolute atomic E-state index is 0.00184. The third-order valence-corrected chi connectivity index (χ3v) is 2.48. The van der Waals surface area contributed by atoms with Crippen LogP contribution in [0.15, 0.2) is 0 Å². The number of aliphatic hydroxyl groups is 1. The van der Waals surface area contributed by atoms with E-state index in [0.717, 1.165) is 0 Å². The number of amides is 1. The Bertz CT molecular complexity index is 195. The Labute approximate surface area is 92.4 Å². The number of hydrogen-bond acceptors (Lipinski definition) is 3. The van der Waals surface area contributed by atoms with Gasteiger partial charge < -0.3 is 15.7 Å². The van der Waals surface area contributed by atoms with Gasteiger partial charge >= 0.3 is 0 Å². The van der Waals surface area contributed by atoms with Crippen LogP contribution in [0.5, 0.6) is 0 Å². The van der Waals surface area contributed by atoms with Crippen LogP contribution < -0.4 is 10.6 Å². The van der Waals surface area contributed by atoms with E-state index in [4.69, 9.17) is 5.11 Å². The van der Waals surface area contributed by atoms with Gasteiger partial charge in [-0.05, 0) is 33.6 Å². The summed E-state index contributed by atoms with van der Waals surface area (Å²) in [5.74, 6) is 0.154. The van der Waals surface area contributed by atoms with Gasteiger partial charge in [-0.1, -0.05) is 6.92 Å². The molecule has 0 saturated heterocycles. The third-order valence-electron chi connectivity index (χ3n) is 2.48. The zero-order chi connectivity index (χ0) is 12.0. The number of aliphatic hydroxyl groups excluding tert-OH is 1. The molecule has 4 nitrogen and oxygen atoms in total. The van der Waals surface area contributed by atoms with Crippen molar-refractivity contribution in [2.75, 3.05) is 6.61 Å². The first-order valence-corrected chi connectivity index (χ1v) is 5.55. The lowest BCUT2D eigenvalue weighted by molar-refractivity contribution is -0.123. The van der Waals surface area contributed by atoms with E-state index in [1.807, 2.05) is 34.6 Å². The molecule has 4 heteroatoms. The Morgan fingerprint density at radius 2 is 1.73 bits per heavy atom. The van der Waals surface area contributed by atoms with Gasteiger partial charge in [-0.25, -0.2) is 0 Å². The van der Waals surface area contributed by atoms with Crippen molar-refractivity contribution in [3.63, 3.8) is 0 Å². The van der Waals surface area contributed by atoms with E-state index in [-0.39, 0.29) is 36.6 Å². The molecule has 0 radical (unpaired) electrons. The normalized spacial score (nSPS) is 17.3. The molecular formula is C11H24N2O2. The van der Waals surface area contributed by atoms with Gasteiger partial charge in [0.1, 0.15) is 0 Å². The van der Waals surface area contributed by atoms with Crippen molar-refractivity contribution >= 4 is 5.91 Å². The lowest BCUT2D eigenvalue weighted by Crippen LogP contribution is -2.49. The molecule has 0 aromatic heterocycles. The predicted octanol–water partition coefficient (Wildman–Crippen LogP) is 0.506. The van der Waals surface area contributed by atoms with Crippen molar-refractivity contribution in [3.05, 3.63) is 0 Å². The first-order valence-electron chi connectivity index (χ1n) is 5.55. The van der Waals surface area contributed by atoms with Crippen molar-refractivity contribution in [2.45, 2.75) is 52.7 Å². The summed E-state index contributed by atoms with van der Waals surface area (Å²) < 4.78 is 0. The van der Waals surface area contributed by atoms with Gasteiger partial charge in [0.05, 0.1) is 6.04 Å². The maximum absolute atomic E-state index is 11.6. The molecule has 3 unspecified atom stereocenters. The van der Waals surface area contributed by atoms with E-state index in [0.29, 0.717) is 0 Å². The first-order chi connectivity index (χ1) is 6.88. The first kappa shape index (κ1) is 14.4. The van der Waals surface area contributed by atoms with Crippen LogP contribution in [-0.2, 0) is 4.79 Å². The highest BCUT2D eigenvalue weighted by Crippen LogP contribution is 2.02. The molecule has 0 rings (SSSR count). The van der Waals surface area contributed by atoms with Crippen LogP contribution in [0.3, 0.4) is 0 Å². The predicted molar refractivity (Wildman–Crippen MR) is 61.6 cm³/mol. The number of nitrogens with one attached hydrogen (secondary N) is 2. The van der Waals surface area contributed by atoms with Crippen molar-refractivity contribution in [1.82, 2.24) is 10.6 Å². The van der Waals surface area contributed by atoms with Crippen LogP contribution in [0.2, 0.25) is 0 Å². The summed E-state index contributed by atoms with van der Waals surface area (Å²) in [6, 6.07) is 0.0617. The molecule has 3 N–H and O–H groups in total. The molecule has 0 aromatic carbocycles. The maximum Gasteiger partial charge on any atom is 0.237 e. The zero-order valence-corrected chi connectivity index (χ0v) is 10.4. The second-order valence-electron chi connectivity index (χ2n) is 4.50. The van der Waals surface area contributed by atoms with Gasteiger partial charge in [0.2, 0.25) is 5.91 Å². The topological polar surface area (TPSA) is 61.4 Å². The van der Waals surface area contributed by atoms with E-state index in [1.165, 1.54) is 0 Å². The third kappa shape index (κ3) is 5.74. The molecular weight excluding hydrogens is 192 g/mol. The second-order valence-corrected chi connectivity index (χ2v) is 4.50. The maximum atomic E-state index is 11.6. The quantitative estimate of drug-likeness (QED) is 0.606. The summed E-state index contributed by atoms with van der Waals surface area (Å²) in [6.45, 7) is 9.75. The van der Waals surface area contributed by atoms with Crippen LogP contribution in [0.4, 0.5) is 0 Å². The second kappa shape index (κ2) is 6.80. The standard InChI is InChI=1S/C11H24N2O2/c1-7(2)12-11(15)10(5)13-9(4)8(3)6-14/h7-10,13-14H,6H2,1-5H3,(H,12,15). The Balaban J connectivity index is 4.01. The summed E-state index contributed by atoms with van der Waals surface area (Å²) in [5, 5.41) is 15.0. The molecule has 90 valence electrons. The number of rotatable bonds is 6. The van der Waals surface area contributed by atoms with Gasteiger partial charge in [-0.3, -0.25) is 4.79 Å². The Morgan fingerprint density at radius 1 is 1.20 bits per heavy atom. The number of hydrogen-bond donors (Lipinski definition) is 3. The largest absolute Gasteiger partial charge is 0.396 e. The molecule has 0 spiro atoms. The van der Waals surface area contributed by atoms with Crippen LogP contribution in [0.1, 0.15) is 34.6 Å². The minimum atomic E-state index is -0.226. The van der Waals surface area contributed by atoms with Gasteiger partial charge in [0, 0.05) is 18.7 Å². The van der Waals surface area contributed by atoms with Gasteiger partial charge in [-0.15, -0.1) is 0 Å². The van der Waals surface area contributed by atoms with Crippen molar-refractivity contribution in [1.29, 1.82) is 0 Å².